The van der Waals surface area contributed by atoms with Gasteiger partial charge in [-0.3, -0.25) is 14.5 Å². The van der Waals surface area contributed by atoms with Crippen LogP contribution in [0.15, 0.2) is 30.9 Å². The molecule has 0 aliphatic carbocycles. The van der Waals surface area contributed by atoms with Gasteiger partial charge in [0.1, 0.15) is 0 Å². The molecule has 6 heteroatoms. The second kappa shape index (κ2) is 5.18. The third-order valence-corrected chi connectivity index (χ3v) is 2.73. The van der Waals surface area contributed by atoms with Gasteiger partial charge >= 0.3 is 0 Å². The van der Waals surface area contributed by atoms with Gasteiger partial charge in [-0.05, 0) is 19.9 Å². The summed E-state index contributed by atoms with van der Waals surface area (Å²) in [5, 5.41) is 7.24. The van der Waals surface area contributed by atoms with Gasteiger partial charge in [0.05, 0.1) is 22.5 Å². The highest BCUT2D eigenvalue weighted by Crippen LogP contribution is 2.16. The number of carbonyl (C=O) groups is 1. The number of hydrogen-bond acceptors (Lipinski definition) is 3. The van der Waals surface area contributed by atoms with Crippen LogP contribution in [0.4, 0.5) is 5.69 Å². The van der Waals surface area contributed by atoms with E-state index in [9.17, 15) is 4.79 Å². The minimum absolute atomic E-state index is 0.248. The van der Waals surface area contributed by atoms with E-state index < -0.39 is 0 Å². The molecule has 0 unspecified atom stereocenters. The van der Waals surface area contributed by atoms with Gasteiger partial charge < -0.3 is 5.32 Å². The summed E-state index contributed by atoms with van der Waals surface area (Å²) in [6, 6.07) is 1.83. The van der Waals surface area contributed by atoms with Crippen molar-refractivity contribution in [3.8, 4) is 0 Å². The van der Waals surface area contributed by atoms with Gasteiger partial charge in [-0.25, -0.2) is 0 Å². The smallest absolute Gasteiger partial charge is 0.258 e. The highest BCUT2D eigenvalue weighted by molar-refractivity contribution is 6.34. The Labute approximate surface area is 110 Å². The third-order valence-electron chi connectivity index (χ3n) is 2.40. The molecule has 0 saturated heterocycles. The number of carbonyl (C=O) groups excluding carboxylic acids is 1. The fraction of sp³-hybridized carbons (Fsp3) is 0.250. The number of aromatic nitrogens is 3. The monoisotopic (exact) mass is 264 g/mol. The Morgan fingerprint density at radius 2 is 2.22 bits per heavy atom. The van der Waals surface area contributed by atoms with Crippen LogP contribution in [0.3, 0.4) is 0 Å². The molecule has 1 N–H and O–H groups in total. The molecule has 2 aromatic rings. The number of anilines is 1. The largest absolute Gasteiger partial charge is 0.319 e. The molecule has 5 nitrogen and oxygen atoms in total. The van der Waals surface area contributed by atoms with Crippen molar-refractivity contribution in [1.29, 1.82) is 0 Å². The molecular formula is C12H13ClN4O. The summed E-state index contributed by atoms with van der Waals surface area (Å²) in [6.45, 7) is 4.02. The lowest BCUT2D eigenvalue weighted by Gasteiger charge is -2.04. The quantitative estimate of drug-likeness (QED) is 0.927. The van der Waals surface area contributed by atoms with Gasteiger partial charge in [0, 0.05) is 24.6 Å². The molecule has 0 aliphatic rings. The average molecular weight is 265 g/mol. The number of rotatable bonds is 3. The Morgan fingerprint density at radius 3 is 2.83 bits per heavy atom. The molecule has 0 radical (unpaired) electrons. The van der Waals surface area contributed by atoms with Gasteiger partial charge in [-0.2, -0.15) is 5.10 Å². The van der Waals surface area contributed by atoms with Crippen molar-refractivity contribution in [2.75, 3.05) is 5.32 Å². The van der Waals surface area contributed by atoms with Gasteiger partial charge in [0.15, 0.2) is 0 Å². The molecule has 94 valence electrons. The van der Waals surface area contributed by atoms with E-state index >= 15 is 0 Å². The highest BCUT2D eigenvalue weighted by Gasteiger charge is 2.11. The fourth-order valence-electron chi connectivity index (χ4n) is 1.43. The maximum absolute atomic E-state index is 11.9. The number of pyridine rings is 1. The van der Waals surface area contributed by atoms with Crippen LogP contribution >= 0.6 is 11.6 Å². The van der Waals surface area contributed by atoms with Crippen LogP contribution in [-0.4, -0.2) is 20.7 Å². The lowest BCUT2D eigenvalue weighted by Crippen LogP contribution is -2.12. The first kappa shape index (κ1) is 12.6. The predicted molar refractivity (Wildman–Crippen MR) is 69.8 cm³/mol. The zero-order valence-corrected chi connectivity index (χ0v) is 10.8. The van der Waals surface area contributed by atoms with Crippen molar-refractivity contribution in [2.45, 2.75) is 19.9 Å². The first-order chi connectivity index (χ1) is 8.58. The van der Waals surface area contributed by atoms with E-state index in [0.29, 0.717) is 16.3 Å². The molecule has 0 atom stereocenters. The topological polar surface area (TPSA) is 59.8 Å². The van der Waals surface area contributed by atoms with E-state index in [-0.39, 0.29) is 11.9 Å². The van der Waals surface area contributed by atoms with Gasteiger partial charge in [0.2, 0.25) is 0 Å². The number of amides is 1. The van der Waals surface area contributed by atoms with Crippen LogP contribution in [0.2, 0.25) is 5.02 Å². The van der Waals surface area contributed by atoms with Crippen molar-refractivity contribution >= 4 is 23.2 Å². The Morgan fingerprint density at radius 1 is 1.44 bits per heavy atom. The summed E-state index contributed by atoms with van der Waals surface area (Å²) in [4.78, 5) is 15.8. The summed E-state index contributed by atoms with van der Waals surface area (Å²) in [5.74, 6) is -0.295. The van der Waals surface area contributed by atoms with Crippen LogP contribution in [-0.2, 0) is 0 Å². The maximum Gasteiger partial charge on any atom is 0.258 e. The molecule has 1 amide bonds. The first-order valence-electron chi connectivity index (χ1n) is 5.53. The second-order valence-corrected chi connectivity index (χ2v) is 4.52. The number of hydrogen-bond donors (Lipinski definition) is 1. The van der Waals surface area contributed by atoms with E-state index in [2.05, 4.69) is 15.4 Å². The van der Waals surface area contributed by atoms with E-state index in [1.54, 1.807) is 23.1 Å². The Hall–Kier alpha value is -1.88. The normalized spacial score (nSPS) is 10.7. The Bertz CT molecular complexity index is 565. The molecule has 2 aromatic heterocycles. The minimum Gasteiger partial charge on any atom is -0.319 e. The molecule has 0 aromatic carbocycles. The molecule has 2 heterocycles. The standard InChI is InChI=1S/C12H13ClN4O/c1-8(2)17-7-9(5-15-17)16-12(18)10-6-14-4-3-11(10)13/h3-8H,1-2H3,(H,16,18). The Balaban J connectivity index is 2.14. The number of nitrogens with zero attached hydrogens (tertiary/aromatic N) is 3. The zero-order valence-electron chi connectivity index (χ0n) is 10.1. The van der Waals surface area contributed by atoms with E-state index in [1.165, 1.54) is 12.4 Å². The highest BCUT2D eigenvalue weighted by atomic mass is 35.5. The summed E-state index contributed by atoms with van der Waals surface area (Å²) >= 11 is 5.92. The molecular weight excluding hydrogens is 252 g/mol. The molecule has 18 heavy (non-hydrogen) atoms. The van der Waals surface area contributed by atoms with Crippen LogP contribution in [0, 0.1) is 0 Å². The second-order valence-electron chi connectivity index (χ2n) is 4.11. The van der Waals surface area contributed by atoms with Crippen molar-refractivity contribution in [2.24, 2.45) is 0 Å². The lowest BCUT2D eigenvalue weighted by molar-refractivity contribution is 0.102. The Kier molecular flexibility index (Phi) is 3.62. The third kappa shape index (κ3) is 2.68. The summed E-state index contributed by atoms with van der Waals surface area (Å²) in [5.41, 5.74) is 0.977. The maximum atomic E-state index is 11.9. The molecule has 0 saturated carbocycles. The van der Waals surface area contributed by atoms with E-state index in [4.69, 9.17) is 11.6 Å². The van der Waals surface area contributed by atoms with Crippen LogP contribution in [0.5, 0.6) is 0 Å². The van der Waals surface area contributed by atoms with Crippen molar-refractivity contribution in [1.82, 2.24) is 14.8 Å². The van der Waals surface area contributed by atoms with Gasteiger partial charge in [-0.15, -0.1) is 0 Å². The first-order valence-corrected chi connectivity index (χ1v) is 5.90. The van der Waals surface area contributed by atoms with Crippen molar-refractivity contribution in [3.63, 3.8) is 0 Å². The number of halogens is 1. The van der Waals surface area contributed by atoms with Crippen LogP contribution < -0.4 is 5.32 Å². The lowest BCUT2D eigenvalue weighted by atomic mass is 10.2. The van der Waals surface area contributed by atoms with Crippen LogP contribution in [0.25, 0.3) is 0 Å². The van der Waals surface area contributed by atoms with Gasteiger partial charge in [-0.1, -0.05) is 11.6 Å². The SMILES string of the molecule is CC(C)n1cc(NC(=O)c2cnccc2Cl)cn1. The van der Waals surface area contributed by atoms with Crippen molar-refractivity contribution in [3.05, 3.63) is 41.4 Å². The molecule has 0 fully saturated rings. The average Bonchev–Trinajstić information content (AvgIpc) is 2.78. The molecule has 0 bridgehead atoms. The van der Waals surface area contributed by atoms with Crippen LogP contribution in [0.1, 0.15) is 30.2 Å². The van der Waals surface area contributed by atoms with E-state index in [1.807, 2.05) is 13.8 Å². The number of nitrogens with one attached hydrogen (secondary N) is 1. The summed E-state index contributed by atoms with van der Waals surface area (Å²) in [6.07, 6.45) is 6.34. The molecule has 0 aliphatic heterocycles. The molecule has 0 spiro atoms. The minimum atomic E-state index is -0.295. The summed E-state index contributed by atoms with van der Waals surface area (Å²) < 4.78 is 1.76. The predicted octanol–water partition coefficient (Wildman–Crippen LogP) is 2.76. The van der Waals surface area contributed by atoms with Gasteiger partial charge in [0.25, 0.3) is 5.91 Å². The fourth-order valence-corrected chi connectivity index (χ4v) is 1.62. The zero-order chi connectivity index (χ0) is 13.1. The van der Waals surface area contributed by atoms with E-state index in [0.717, 1.165) is 0 Å². The van der Waals surface area contributed by atoms with Crippen molar-refractivity contribution < 1.29 is 4.79 Å². The molecule has 2 rings (SSSR count). The summed E-state index contributed by atoms with van der Waals surface area (Å²) in [7, 11) is 0.